The maximum Gasteiger partial charge on any atom is 0.0543 e. The molecule has 0 bridgehead atoms. The molecule has 43 valence electrons. The molecule has 0 rings (SSSR count). The van der Waals surface area contributed by atoms with Crippen molar-refractivity contribution in [3.05, 3.63) is 6.54 Å². The van der Waals surface area contributed by atoms with Gasteiger partial charge in [-0.2, -0.15) is 0 Å². The lowest BCUT2D eigenvalue weighted by atomic mass is 10.5. The number of rotatable bonds is 2. The zero-order valence-corrected chi connectivity index (χ0v) is 5.18. The fraction of sp³-hybridized carbons (Fsp3) is 0.800. The van der Waals surface area contributed by atoms with Gasteiger partial charge in [0, 0.05) is 6.54 Å². The van der Waals surface area contributed by atoms with Crippen LogP contribution in [0.2, 0.25) is 0 Å². The van der Waals surface area contributed by atoms with Crippen LogP contribution in [-0.2, 0) is 0 Å². The molecule has 2 heteroatoms. The van der Waals surface area contributed by atoms with Crippen LogP contribution < -0.4 is 5.73 Å². The summed E-state index contributed by atoms with van der Waals surface area (Å²) in [6.45, 7) is 5.86. The summed E-state index contributed by atoms with van der Waals surface area (Å²) < 4.78 is 0. The number of nitrogens with two attached hydrogens (primary N) is 1. The number of hydrogen-bond acceptors (Lipinski definition) is 2. The third-order valence-electron chi connectivity index (χ3n) is 1.05. The normalized spacial score (nSPS) is 15.0. The van der Waals surface area contributed by atoms with Gasteiger partial charge in [-0.05, 0) is 20.9 Å². The second kappa shape index (κ2) is 2.99. The van der Waals surface area contributed by atoms with Gasteiger partial charge in [-0.1, -0.05) is 0 Å². The van der Waals surface area contributed by atoms with Crippen molar-refractivity contribution in [2.24, 2.45) is 5.73 Å². The van der Waals surface area contributed by atoms with Gasteiger partial charge in [0.2, 0.25) is 0 Å². The van der Waals surface area contributed by atoms with E-state index in [0.717, 1.165) is 0 Å². The molecule has 2 nitrogen and oxygen atoms in total. The summed E-state index contributed by atoms with van der Waals surface area (Å²) >= 11 is 0. The van der Waals surface area contributed by atoms with Crippen molar-refractivity contribution in [1.29, 1.82) is 0 Å². The molecule has 0 aromatic carbocycles. The Labute approximate surface area is 45.3 Å². The van der Waals surface area contributed by atoms with Crippen molar-refractivity contribution in [2.45, 2.75) is 20.0 Å². The van der Waals surface area contributed by atoms with Crippen LogP contribution in [0.5, 0.6) is 0 Å². The molecule has 0 saturated heterocycles. The Hall–Kier alpha value is -0.0800. The average Bonchev–Trinajstić information content (AvgIpc) is 1.65. The van der Waals surface area contributed by atoms with Crippen molar-refractivity contribution >= 4 is 0 Å². The molecule has 0 aliphatic rings. The van der Waals surface area contributed by atoms with E-state index in [1.807, 2.05) is 32.3 Å². The third-order valence-corrected chi connectivity index (χ3v) is 1.05. The smallest absolute Gasteiger partial charge is 0.0543 e. The molecule has 7 heavy (non-hydrogen) atoms. The van der Waals surface area contributed by atoms with E-state index in [-0.39, 0.29) is 6.17 Å². The third kappa shape index (κ3) is 2.60. The van der Waals surface area contributed by atoms with Crippen LogP contribution in [0.4, 0.5) is 0 Å². The molecule has 0 saturated carbocycles. The van der Waals surface area contributed by atoms with Crippen LogP contribution >= 0.6 is 0 Å². The summed E-state index contributed by atoms with van der Waals surface area (Å²) in [5, 5.41) is 0. The van der Waals surface area contributed by atoms with Gasteiger partial charge in [0.15, 0.2) is 0 Å². The minimum Gasteiger partial charge on any atom is -0.316 e. The largest absolute Gasteiger partial charge is 0.316 e. The highest BCUT2D eigenvalue weighted by molar-refractivity contribution is 4.59. The molecule has 2 N–H and O–H groups in total. The van der Waals surface area contributed by atoms with Crippen molar-refractivity contribution in [3.8, 4) is 0 Å². The maximum atomic E-state index is 5.44. The Bertz CT molecular complexity index is 43.3. The van der Waals surface area contributed by atoms with E-state index in [2.05, 4.69) is 0 Å². The maximum absolute atomic E-state index is 5.44. The second-order valence-electron chi connectivity index (χ2n) is 1.66. The highest BCUT2D eigenvalue weighted by Crippen LogP contribution is 1.87. The lowest BCUT2D eigenvalue weighted by Crippen LogP contribution is -2.33. The SMILES string of the molecule is C[CH]N(C)C(C)N. The Morgan fingerprint density at radius 1 is 1.71 bits per heavy atom. The summed E-state index contributed by atoms with van der Waals surface area (Å²) in [5.74, 6) is 0. The summed E-state index contributed by atoms with van der Waals surface area (Å²) in [7, 11) is 1.95. The van der Waals surface area contributed by atoms with Crippen molar-refractivity contribution < 1.29 is 0 Å². The summed E-state index contributed by atoms with van der Waals surface area (Å²) in [6, 6.07) is 0. The minimum absolute atomic E-state index is 0.144. The Kier molecular flexibility index (Phi) is 2.96. The lowest BCUT2D eigenvalue weighted by molar-refractivity contribution is 0.324. The van der Waals surface area contributed by atoms with Gasteiger partial charge < -0.3 is 5.73 Å². The molecule has 1 unspecified atom stereocenters. The van der Waals surface area contributed by atoms with E-state index >= 15 is 0 Å². The average molecular weight is 101 g/mol. The van der Waals surface area contributed by atoms with Crippen molar-refractivity contribution in [2.75, 3.05) is 7.05 Å². The topological polar surface area (TPSA) is 29.3 Å². The Morgan fingerprint density at radius 3 is 2.14 bits per heavy atom. The predicted molar refractivity (Wildman–Crippen MR) is 31.4 cm³/mol. The van der Waals surface area contributed by atoms with Crippen LogP contribution in [0.3, 0.4) is 0 Å². The van der Waals surface area contributed by atoms with Gasteiger partial charge >= 0.3 is 0 Å². The molecule has 0 amide bonds. The van der Waals surface area contributed by atoms with Crippen LogP contribution in [0.25, 0.3) is 0 Å². The molecule has 0 aromatic rings. The zero-order chi connectivity index (χ0) is 5.86. The van der Waals surface area contributed by atoms with E-state index in [4.69, 9.17) is 5.73 Å². The molecule has 0 aromatic heterocycles. The quantitative estimate of drug-likeness (QED) is 0.510. The standard InChI is InChI=1S/C5H13N2/c1-4-7(3)5(2)6/h4-5H,6H2,1-3H3. The minimum atomic E-state index is 0.144. The fourth-order valence-electron chi connectivity index (χ4n) is 0.235. The van der Waals surface area contributed by atoms with Crippen LogP contribution in [0.1, 0.15) is 13.8 Å². The van der Waals surface area contributed by atoms with Crippen molar-refractivity contribution in [3.63, 3.8) is 0 Å². The molecule has 0 heterocycles. The summed E-state index contributed by atoms with van der Waals surface area (Å²) in [5.41, 5.74) is 5.44. The van der Waals surface area contributed by atoms with Gasteiger partial charge in [0.1, 0.15) is 0 Å². The first-order chi connectivity index (χ1) is 3.18. The molecule has 0 fully saturated rings. The first-order valence-corrected chi connectivity index (χ1v) is 2.45. The van der Waals surface area contributed by atoms with E-state index in [1.54, 1.807) is 0 Å². The first-order valence-electron chi connectivity index (χ1n) is 2.45. The lowest BCUT2D eigenvalue weighted by Gasteiger charge is -2.16. The van der Waals surface area contributed by atoms with Crippen LogP contribution in [0, 0.1) is 6.54 Å². The van der Waals surface area contributed by atoms with Gasteiger partial charge in [-0.3, -0.25) is 4.90 Å². The molecule has 1 atom stereocenters. The highest BCUT2D eigenvalue weighted by Gasteiger charge is 1.96. The summed E-state index contributed by atoms with van der Waals surface area (Å²) in [6.07, 6.45) is 0.144. The fourth-order valence-corrected chi connectivity index (χ4v) is 0.235. The highest BCUT2D eigenvalue weighted by atomic mass is 15.2. The van der Waals surface area contributed by atoms with Gasteiger partial charge in [-0.25, -0.2) is 0 Å². The molecule has 1 radical (unpaired) electrons. The van der Waals surface area contributed by atoms with Gasteiger partial charge in [-0.15, -0.1) is 0 Å². The number of hydrogen-bond donors (Lipinski definition) is 1. The monoisotopic (exact) mass is 101 g/mol. The van der Waals surface area contributed by atoms with Crippen LogP contribution in [-0.4, -0.2) is 18.1 Å². The second-order valence-corrected chi connectivity index (χ2v) is 1.66. The van der Waals surface area contributed by atoms with Crippen LogP contribution in [0.15, 0.2) is 0 Å². The van der Waals surface area contributed by atoms with Crippen molar-refractivity contribution in [1.82, 2.24) is 4.90 Å². The summed E-state index contributed by atoms with van der Waals surface area (Å²) in [4.78, 5) is 1.94. The van der Waals surface area contributed by atoms with E-state index in [1.165, 1.54) is 0 Å². The molecule has 0 spiro atoms. The molecular weight excluding hydrogens is 88.1 g/mol. The number of nitrogens with zero attached hydrogens (tertiary/aromatic N) is 1. The van der Waals surface area contributed by atoms with E-state index in [0.29, 0.717) is 0 Å². The molecule has 0 aliphatic heterocycles. The van der Waals surface area contributed by atoms with Gasteiger partial charge in [0.05, 0.1) is 6.17 Å². The first kappa shape index (κ1) is 6.92. The zero-order valence-electron chi connectivity index (χ0n) is 5.18. The molecule has 0 aliphatic carbocycles. The Morgan fingerprint density at radius 2 is 2.14 bits per heavy atom. The van der Waals surface area contributed by atoms with Gasteiger partial charge in [0.25, 0.3) is 0 Å². The predicted octanol–water partition coefficient (Wildman–Crippen LogP) is 0.405. The van der Waals surface area contributed by atoms with E-state index < -0.39 is 0 Å². The molecular formula is C5H13N2. The Balaban J connectivity index is 3.14. The van der Waals surface area contributed by atoms with E-state index in [9.17, 15) is 0 Å².